The molecule has 0 aromatic heterocycles. The predicted octanol–water partition coefficient (Wildman–Crippen LogP) is 2.79. The second-order valence-corrected chi connectivity index (χ2v) is 4.97. The van der Waals surface area contributed by atoms with E-state index in [0.29, 0.717) is 10.7 Å². The molecule has 0 spiro atoms. The molecular weight excluding hydrogens is 254 g/mol. The van der Waals surface area contributed by atoms with Gasteiger partial charge in [0.1, 0.15) is 5.41 Å². The Morgan fingerprint density at radius 2 is 1.94 bits per heavy atom. The molecule has 0 bridgehead atoms. The van der Waals surface area contributed by atoms with Gasteiger partial charge in [0.25, 0.3) is 0 Å². The van der Waals surface area contributed by atoms with E-state index in [2.05, 4.69) is 10.1 Å². The first-order valence-electron chi connectivity index (χ1n) is 5.45. The van der Waals surface area contributed by atoms with E-state index in [9.17, 15) is 9.59 Å². The molecule has 5 heteroatoms. The van der Waals surface area contributed by atoms with E-state index in [1.54, 1.807) is 18.2 Å². The average molecular weight is 270 g/mol. The van der Waals surface area contributed by atoms with Crippen molar-refractivity contribution in [2.45, 2.75) is 20.8 Å². The third-order valence-electron chi connectivity index (χ3n) is 2.71. The van der Waals surface area contributed by atoms with Gasteiger partial charge in [0.2, 0.25) is 5.91 Å². The fourth-order valence-corrected chi connectivity index (χ4v) is 1.53. The van der Waals surface area contributed by atoms with Crippen molar-refractivity contribution in [3.05, 3.63) is 28.8 Å². The smallest absolute Gasteiger partial charge is 0.320 e. The van der Waals surface area contributed by atoms with Crippen molar-refractivity contribution in [2.75, 3.05) is 12.4 Å². The van der Waals surface area contributed by atoms with Crippen LogP contribution in [0.2, 0.25) is 5.02 Å². The van der Waals surface area contributed by atoms with Gasteiger partial charge in [-0.3, -0.25) is 9.59 Å². The van der Waals surface area contributed by atoms with Gasteiger partial charge in [-0.2, -0.15) is 0 Å². The van der Waals surface area contributed by atoms with Crippen LogP contribution in [0, 0.1) is 12.3 Å². The van der Waals surface area contributed by atoms with Gasteiger partial charge in [0.15, 0.2) is 0 Å². The predicted molar refractivity (Wildman–Crippen MR) is 70.6 cm³/mol. The Morgan fingerprint density at radius 1 is 1.33 bits per heavy atom. The number of hydrogen-bond donors (Lipinski definition) is 1. The summed E-state index contributed by atoms with van der Waals surface area (Å²) < 4.78 is 4.60. The summed E-state index contributed by atoms with van der Waals surface area (Å²) in [7, 11) is 1.25. The number of anilines is 1. The van der Waals surface area contributed by atoms with Crippen molar-refractivity contribution in [3.8, 4) is 0 Å². The topological polar surface area (TPSA) is 55.4 Å². The number of rotatable bonds is 3. The van der Waals surface area contributed by atoms with Crippen molar-refractivity contribution in [1.82, 2.24) is 0 Å². The Balaban J connectivity index is 2.94. The van der Waals surface area contributed by atoms with Crippen molar-refractivity contribution in [1.29, 1.82) is 0 Å². The Kier molecular flexibility index (Phi) is 4.35. The summed E-state index contributed by atoms with van der Waals surface area (Å²) in [6, 6.07) is 5.17. The molecule has 1 amide bonds. The maximum absolute atomic E-state index is 12.0. The van der Waals surface area contributed by atoms with Crippen molar-refractivity contribution in [3.63, 3.8) is 0 Å². The van der Waals surface area contributed by atoms with Crippen LogP contribution in [0.15, 0.2) is 18.2 Å². The molecule has 1 N–H and O–H groups in total. The van der Waals surface area contributed by atoms with Crippen LogP contribution < -0.4 is 5.32 Å². The Morgan fingerprint density at radius 3 is 2.50 bits per heavy atom. The first-order chi connectivity index (χ1) is 8.28. The molecule has 0 radical (unpaired) electrons. The van der Waals surface area contributed by atoms with Crippen LogP contribution in [0.4, 0.5) is 5.69 Å². The van der Waals surface area contributed by atoms with Crippen LogP contribution in [-0.2, 0) is 14.3 Å². The van der Waals surface area contributed by atoms with E-state index >= 15 is 0 Å². The number of ether oxygens (including phenoxy) is 1. The third-order valence-corrected chi connectivity index (χ3v) is 2.95. The molecule has 0 saturated heterocycles. The summed E-state index contributed by atoms with van der Waals surface area (Å²) in [5, 5.41) is 3.20. The number of esters is 1. The van der Waals surface area contributed by atoms with Crippen LogP contribution in [0.25, 0.3) is 0 Å². The fourth-order valence-electron chi connectivity index (χ4n) is 1.36. The molecule has 18 heavy (non-hydrogen) atoms. The summed E-state index contributed by atoms with van der Waals surface area (Å²) in [4.78, 5) is 23.6. The van der Waals surface area contributed by atoms with E-state index < -0.39 is 17.3 Å². The van der Waals surface area contributed by atoms with Crippen molar-refractivity contribution < 1.29 is 14.3 Å². The zero-order chi connectivity index (χ0) is 13.9. The van der Waals surface area contributed by atoms with Gasteiger partial charge in [-0.1, -0.05) is 17.7 Å². The molecule has 4 nitrogen and oxygen atoms in total. The molecule has 0 heterocycles. The summed E-state index contributed by atoms with van der Waals surface area (Å²) in [6.07, 6.45) is 0. The van der Waals surface area contributed by atoms with Gasteiger partial charge in [-0.25, -0.2) is 0 Å². The van der Waals surface area contributed by atoms with E-state index in [1.807, 2.05) is 6.92 Å². The van der Waals surface area contributed by atoms with Crippen LogP contribution >= 0.6 is 11.6 Å². The molecule has 0 fully saturated rings. The largest absolute Gasteiger partial charge is 0.468 e. The molecule has 0 atom stereocenters. The minimum absolute atomic E-state index is 0.431. The van der Waals surface area contributed by atoms with E-state index in [-0.39, 0.29) is 0 Å². The lowest BCUT2D eigenvalue weighted by Crippen LogP contribution is -2.38. The normalized spacial score (nSPS) is 10.9. The minimum Gasteiger partial charge on any atom is -0.468 e. The zero-order valence-electron chi connectivity index (χ0n) is 10.8. The maximum atomic E-state index is 12.0. The van der Waals surface area contributed by atoms with Crippen molar-refractivity contribution in [2.24, 2.45) is 5.41 Å². The summed E-state index contributed by atoms with van der Waals surface area (Å²) in [6.45, 7) is 4.86. The number of benzene rings is 1. The lowest BCUT2D eigenvalue weighted by Gasteiger charge is -2.21. The maximum Gasteiger partial charge on any atom is 0.320 e. The Hall–Kier alpha value is -1.55. The molecule has 0 aliphatic heterocycles. The number of methoxy groups -OCH3 is 1. The average Bonchev–Trinajstić information content (AvgIpc) is 2.32. The highest BCUT2D eigenvalue weighted by Gasteiger charge is 2.37. The van der Waals surface area contributed by atoms with Crippen LogP contribution in [0.5, 0.6) is 0 Å². The number of halogens is 1. The highest BCUT2D eigenvalue weighted by Crippen LogP contribution is 2.24. The SMILES string of the molecule is COC(=O)C(C)(C)C(=O)Nc1cc(Cl)ccc1C. The van der Waals surface area contributed by atoms with Gasteiger partial charge in [-0.15, -0.1) is 0 Å². The number of carbonyl (C=O) groups excluding carboxylic acids is 2. The minimum atomic E-state index is -1.25. The highest BCUT2D eigenvalue weighted by molar-refractivity contribution is 6.31. The van der Waals surface area contributed by atoms with Gasteiger partial charge < -0.3 is 10.1 Å². The molecule has 0 saturated carbocycles. The number of aryl methyl sites for hydroxylation is 1. The second kappa shape index (κ2) is 5.40. The number of hydrogen-bond acceptors (Lipinski definition) is 3. The Labute approximate surface area is 111 Å². The second-order valence-electron chi connectivity index (χ2n) is 4.53. The van der Waals surface area contributed by atoms with E-state index in [4.69, 9.17) is 11.6 Å². The fraction of sp³-hybridized carbons (Fsp3) is 0.385. The lowest BCUT2D eigenvalue weighted by molar-refractivity contribution is -0.154. The first kappa shape index (κ1) is 14.5. The highest BCUT2D eigenvalue weighted by atomic mass is 35.5. The van der Waals surface area contributed by atoms with Gasteiger partial charge in [0, 0.05) is 10.7 Å². The monoisotopic (exact) mass is 269 g/mol. The number of carbonyl (C=O) groups is 2. The summed E-state index contributed by atoms with van der Waals surface area (Å²) >= 11 is 5.86. The van der Waals surface area contributed by atoms with Crippen LogP contribution in [-0.4, -0.2) is 19.0 Å². The molecule has 1 rings (SSSR count). The van der Waals surface area contributed by atoms with Gasteiger partial charge in [0.05, 0.1) is 7.11 Å². The van der Waals surface area contributed by atoms with E-state index in [0.717, 1.165) is 5.56 Å². The van der Waals surface area contributed by atoms with Crippen LogP contribution in [0.1, 0.15) is 19.4 Å². The third kappa shape index (κ3) is 3.01. The number of nitrogens with one attached hydrogen (secondary N) is 1. The van der Waals surface area contributed by atoms with Crippen LogP contribution in [0.3, 0.4) is 0 Å². The standard InChI is InChI=1S/C13H16ClNO3/c1-8-5-6-9(14)7-10(8)15-11(16)13(2,3)12(17)18-4/h5-7H,1-4H3,(H,15,16). The first-order valence-corrected chi connectivity index (χ1v) is 5.83. The Bertz CT molecular complexity index is 483. The summed E-state index contributed by atoms with van der Waals surface area (Å²) in [5.41, 5.74) is 0.210. The molecule has 0 aliphatic carbocycles. The zero-order valence-corrected chi connectivity index (χ0v) is 11.6. The van der Waals surface area contributed by atoms with E-state index in [1.165, 1.54) is 21.0 Å². The lowest BCUT2D eigenvalue weighted by atomic mass is 9.92. The molecule has 0 aliphatic rings. The molecule has 98 valence electrons. The quantitative estimate of drug-likeness (QED) is 0.678. The molecule has 1 aromatic carbocycles. The molecule has 1 aromatic rings. The molecule has 0 unspecified atom stereocenters. The molecular formula is C13H16ClNO3. The summed E-state index contributed by atoms with van der Waals surface area (Å²) in [5.74, 6) is -1.01. The number of amides is 1. The van der Waals surface area contributed by atoms with Crippen molar-refractivity contribution >= 4 is 29.2 Å². The van der Waals surface area contributed by atoms with Gasteiger partial charge in [-0.05, 0) is 38.5 Å². The van der Waals surface area contributed by atoms with Gasteiger partial charge >= 0.3 is 5.97 Å².